The largest absolute Gasteiger partial charge is 0.493 e. The van der Waals surface area contributed by atoms with Crippen molar-refractivity contribution < 1.29 is 19.1 Å². The van der Waals surface area contributed by atoms with Gasteiger partial charge in [-0.15, -0.1) is 0 Å². The molecular formula is C32H32N4O4. The van der Waals surface area contributed by atoms with Crippen LogP contribution in [0.3, 0.4) is 0 Å². The molecule has 40 heavy (non-hydrogen) atoms. The first-order valence-corrected chi connectivity index (χ1v) is 13.7. The van der Waals surface area contributed by atoms with Crippen LogP contribution in [0, 0.1) is 0 Å². The van der Waals surface area contributed by atoms with Crippen molar-refractivity contribution in [2.75, 3.05) is 39.3 Å². The molecule has 3 aliphatic heterocycles. The van der Waals surface area contributed by atoms with Crippen LogP contribution in [0.25, 0.3) is 10.9 Å². The van der Waals surface area contributed by atoms with E-state index >= 15 is 0 Å². The van der Waals surface area contributed by atoms with Gasteiger partial charge in [0, 0.05) is 37.6 Å². The molecule has 4 aromatic rings. The van der Waals surface area contributed by atoms with Crippen LogP contribution in [0.4, 0.5) is 5.69 Å². The third-order valence-electron chi connectivity index (χ3n) is 8.77. The smallest absolute Gasteiger partial charge is 0.257 e. The number of methoxy groups -OCH3 is 2. The number of benzene rings is 3. The van der Waals surface area contributed by atoms with Crippen molar-refractivity contribution in [2.45, 2.75) is 32.1 Å². The van der Waals surface area contributed by atoms with Gasteiger partial charge in [-0.05, 0) is 59.9 Å². The zero-order valence-corrected chi connectivity index (χ0v) is 23.0. The van der Waals surface area contributed by atoms with Gasteiger partial charge in [-0.2, -0.15) is 0 Å². The number of fused-ring (bicyclic) bond motifs is 7. The summed E-state index contributed by atoms with van der Waals surface area (Å²) in [5, 5.41) is 1.16. The molecule has 0 aliphatic carbocycles. The molecule has 7 rings (SSSR count). The van der Waals surface area contributed by atoms with Gasteiger partial charge >= 0.3 is 0 Å². The Kier molecular flexibility index (Phi) is 5.73. The highest BCUT2D eigenvalue weighted by Gasteiger charge is 2.43. The number of para-hydroxylation sites is 2. The van der Waals surface area contributed by atoms with Crippen LogP contribution >= 0.6 is 0 Å². The van der Waals surface area contributed by atoms with E-state index in [1.807, 2.05) is 59.3 Å². The van der Waals surface area contributed by atoms with E-state index < -0.39 is 0 Å². The Bertz CT molecular complexity index is 1680. The van der Waals surface area contributed by atoms with Gasteiger partial charge in [0.25, 0.3) is 5.91 Å². The molecule has 0 saturated carbocycles. The minimum absolute atomic E-state index is 0.0458. The number of carbonyl (C=O) groups is 2. The number of hydrogen-bond donors (Lipinski definition) is 0. The minimum atomic E-state index is -0.273. The summed E-state index contributed by atoms with van der Waals surface area (Å²) in [6.45, 7) is 2.03. The Morgan fingerprint density at radius 3 is 2.45 bits per heavy atom. The van der Waals surface area contributed by atoms with Crippen molar-refractivity contribution in [3.05, 3.63) is 88.6 Å². The van der Waals surface area contributed by atoms with E-state index in [2.05, 4.69) is 27.7 Å². The molecule has 0 N–H and O–H groups in total. The van der Waals surface area contributed by atoms with Crippen molar-refractivity contribution >= 4 is 28.4 Å². The number of aromatic nitrogens is 1. The fourth-order valence-corrected chi connectivity index (χ4v) is 6.81. The predicted octanol–water partition coefficient (Wildman–Crippen LogP) is 4.39. The molecule has 8 nitrogen and oxygen atoms in total. The molecule has 4 heterocycles. The lowest BCUT2D eigenvalue weighted by Gasteiger charge is -2.46. The van der Waals surface area contributed by atoms with Gasteiger partial charge in [-0.1, -0.05) is 30.3 Å². The number of anilines is 1. The minimum Gasteiger partial charge on any atom is -0.493 e. The Morgan fingerprint density at radius 1 is 0.925 bits per heavy atom. The number of nitrogens with zero attached hydrogens (tertiary/aromatic N) is 4. The van der Waals surface area contributed by atoms with E-state index in [4.69, 9.17) is 9.47 Å². The summed E-state index contributed by atoms with van der Waals surface area (Å²) < 4.78 is 13.2. The van der Waals surface area contributed by atoms with Crippen molar-refractivity contribution in [1.29, 1.82) is 0 Å². The molecule has 3 aromatic carbocycles. The van der Waals surface area contributed by atoms with E-state index in [1.165, 1.54) is 11.1 Å². The number of amides is 2. The second-order valence-electron chi connectivity index (χ2n) is 10.8. The van der Waals surface area contributed by atoms with E-state index in [0.29, 0.717) is 31.1 Å². The van der Waals surface area contributed by atoms with Crippen LogP contribution in [0.1, 0.15) is 38.9 Å². The summed E-state index contributed by atoms with van der Waals surface area (Å²) >= 11 is 0. The van der Waals surface area contributed by atoms with Crippen LogP contribution in [0.2, 0.25) is 0 Å². The van der Waals surface area contributed by atoms with Crippen LogP contribution in [-0.2, 0) is 30.7 Å². The molecule has 0 unspecified atom stereocenters. The molecule has 0 fully saturated rings. The van der Waals surface area contributed by atoms with Gasteiger partial charge in [0.2, 0.25) is 5.91 Å². The molecule has 2 amide bonds. The van der Waals surface area contributed by atoms with Gasteiger partial charge in [0.05, 0.1) is 31.2 Å². The van der Waals surface area contributed by atoms with E-state index in [-0.39, 0.29) is 24.5 Å². The molecule has 1 aromatic heterocycles. The highest BCUT2D eigenvalue weighted by Crippen LogP contribution is 2.44. The van der Waals surface area contributed by atoms with Gasteiger partial charge in [-0.25, -0.2) is 0 Å². The highest BCUT2D eigenvalue weighted by molar-refractivity contribution is 6.02. The Labute approximate surface area is 233 Å². The van der Waals surface area contributed by atoms with Gasteiger partial charge in [0.15, 0.2) is 11.5 Å². The summed E-state index contributed by atoms with van der Waals surface area (Å²) in [5.41, 5.74) is 7.20. The molecule has 204 valence electrons. The van der Waals surface area contributed by atoms with Crippen LogP contribution in [0.15, 0.2) is 60.7 Å². The van der Waals surface area contributed by atoms with Gasteiger partial charge < -0.3 is 28.7 Å². The maximum absolute atomic E-state index is 13.9. The Morgan fingerprint density at radius 2 is 1.65 bits per heavy atom. The molecule has 3 aliphatic rings. The number of hydrogen-bond acceptors (Lipinski definition) is 5. The van der Waals surface area contributed by atoms with Gasteiger partial charge in [-0.3, -0.25) is 9.59 Å². The molecule has 0 saturated heterocycles. The summed E-state index contributed by atoms with van der Waals surface area (Å²) in [7, 11) is 5.32. The topological polar surface area (TPSA) is 67.2 Å². The molecule has 0 bridgehead atoms. The first-order valence-electron chi connectivity index (χ1n) is 13.7. The highest BCUT2D eigenvalue weighted by atomic mass is 16.5. The summed E-state index contributed by atoms with van der Waals surface area (Å²) in [5.74, 6) is 1.49. The molecule has 0 radical (unpaired) electrons. The second-order valence-corrected chi connectivity index (χ2v) is 10.8. The third kappa shape index (κ3) is 3.58. The van der Waals surface area contributed by atoms with E-state index in [9.17, 15) is 9.59 Å². The third-order valence-corrected chi connectivity index (χ3v) is 8.77. The van der Waals surface area contributed by atoms with Crippen molar-refractivity contribution in [1.82, 2.24) is 14.4 Å². The monoisotopic (exact) mass is 536 g/mol. The lowest BCUT2D eigenvalue weighted by atomic mass is 9.96. The number of ether oxygens (including phenoxy) is 2. The number of carbonyl (C=O) groups excluding carboxylic acids is 2. The standard InChI is InChI=1S/C32H32N4O4/c1-33-25-10-6-5-9-24(25)32(38)35-15-13-23-22-8-4-7-11-26(22)36(30(23)31(33)35)19-29(37)34-14-12-20-16-27(39-2)28(40-3)17-21(20)18-34/h4-11,16-17,31H,12-15,18-19H2,1-3H3/t31-/m0/s1. The normalized spacial score (nSPS) is 17.7. The molecule has 1 atom stereocenters. The van der Waals surface area contributed by atoms with Gasteiger partial charge in [0.1, 0.15) is 12.7 Å². The molecule has 8 heteroatoms. The average Bonchev–Trinajstić information content (AvgIpc) is 3.31. The first kappa shape index (κ1) is 24.6. The van der Waals surface area contributed by atoms with Crippen molar-refractivity contribution in [3.63, 3.8) is 0 Å². The zero-order valence-electron chi connectivity index (χ0n) is 23.0. The summed E-state index contributed by atoms with van der Waals surface area (Å²) in [4.78, 5) is 33.6. The predicted molar refractivity (Wildman–Crippen MR) is 153 cm³/mol. The Hall–Kier alpha value is -4.46. The SMILES string of the molecule is COc1cc2c(cc1OC)CN(C(=O)Cn1c3c(c4ccccc41)CCN1C(=O)c4ccccc4N(C)[C@H]31)CC2. The van der Waals surface area contributed by atoms with E-state index in [0.717, 1.165) is 46.3 Å². The fraction of sp³-hybridized carbons (Fsp3) is 0.312. The van der Waals surface area contributed by atoms with Crippen molar-refractivity contribution in [2.24, 2.45) is 0 Å². The quantitative estimate of drug-likeness (QED) is 0.387. The molecular weight excluding hydrogens is 504 g/mol. The Balaban J connectivity index is 1.27. The summed E-state index contributed by atoms with van der Waals surface area (Å²) in [6.07, 6.45) is 1.25. The van der Waals surface area contributed by atoms with Crippen LogP contribution in [-0.4, -0.2) is 60.5 Å². The second kappa shape index (κ2) is 9.33. The number of rotatable bonds is 4. The fourth-order valence-electron chi connectivity index (χ4n) is 6.81. The molecule has 0 spiro atoms. The lowest BCUT2D eigenvalue weighted by Crippen LogP contribution is -2.51. The average molecular weight is 537 g/mol. The van der Waals surface area contributed by atoms with Crippen LogP contribution in [0.5, 0.6) is 11.5 Å². The van der Waals surface area contributed by atoms with E-state index in [1.54, 1.807) is 14.2 Å². The zero-order chi connectivity index (χ0) is 27.5. The maximum Gasteiger partial charge on any atom is 0.257 e. The van der Waals surface area contributed by atoms with Crippen LogP contribution < -0.4 is 14.4 Å². The summed E-state index contributed by atoms with van der Waals surface area (Å²) in [6, 6.07) is 20.1. The maximum atomic E-state index is 13.9. The van der Waals surface area contributed by atoms with Crippen molar-refractivity contribution in [3.8, 4) is 11.5 Å². The lowest BCUT2D eigenvalue weighted by molar-refractivity contribution is -0.132. The first-order chi connectivity index (χ1) is 19.5.